The molecule has 0 aliphatic rings. The highest BCUT2D eigenvalue weighted by molar-refractivity contribution is 5.72. The fourth-order valence-corrected chi connectivity index (χ4v) is 3.50. The molecule has 28 heavy (non-hydrogen) atoms. The third kappa shape index (κ3) is 4.88. The molecule has 0 radical (unpaired) electrons. The molecule has 0 saturated carbocycles. The Balaban J connectivity index is 2.70. The van der Waals surface area contributed by atoms with Crippen LogP contribution in [0.3, 0.4) is 0 Å². The van der Waals surface area contributed by atoms with Gasteiger partial charge in [-0.1, -0.05) is 46.8 Å². The number of hydrogen-bond acceptors (Lipinski definition) is 3. The number of aliphatic hydroxyl groups excluding tert-OH is 1. The number of nitrogens with zero attached hydrogens (tertiary/aromatic N) is 2. The maximum atomic E-state index is 9.54. The Morgan fingerprint density at radius 2 is 1.79 bits per heavy atom. The van der Waals surface area contributed by atoms with Gasteiger partial charge in [0.05, 0.1) is 11.4 Å². The predicted molar refractivity (Wildman–Crippen MR) is 120 cm³/mol. The van der Waals surface area contributed by atoms with Gasteiger partial charge >= 0.3 is 0 Å². The number of aliphatic hydroxyl groups is 1. The van der Waals surface area contributed by atoms with Crippen LogP contribution in [0.1, 0.15) is 82.6 Å². The summed E-state index contributed by atoms with van der Waals surface area (Å²) in [6.07, 6.45) is 4.77. The van der Waals surface area contributed by atoms with Crippen molar-refractivity contribution >= 4 is 5.57 Å². The summed E-state index contributed by atoms with van der Waals surface area (Å²) < 4.78 is 0. The molecule has 152 valence electrons. The van der Waals surface area contributed by atoms with Crippen molar-refractivity contribution in [2.45, 2.75) is 73.6 Å². The molecule has 0 aliphatic carbocycles. The van der Waals surface area contributed by atoms with Crippen LogP contribution in [0.5, 0.6) is 0 Å². The van der Waals surface area contributed by atoms with E-state index in [1.165, 1.54) is 16.7 Å². The maximum Gasteiger partial charge on any atom is 0.0759 e. The van der Waals surface area contributed by atoms with Gasteiger partial charge in [-0.2, -0.15) is 0 Å². The lowest BCUT2D eigenvalue weighted by atomic mass is 9.92. The molecule has 0 amide bonds. The Bertz CT molecular complexity index is 837. The summed E-state index contributed by atoms with van der Waals surface area (Å²) in [5, 5.41) is 9.54. The quantitative estimate of drug-likeness (QED) is 0.612. The van der Waals surface area contributed by atoms with Gasteiger partial charge in [-0.15, -0.1) is 0 Å². The first-order valence-electron chi connectivity index (χ1n) is 10.6. The van der Waals surface area contributed by atoms with Gasteiger partial charge in [0.25, 0.3) is 0 Å². The monoisotopic (exact) mass is 380 g/mol. The standard InChI is InChI=1S/C25H36N2O/c1-8-18(7)24-20(13-17(6)15-28)14-19(9-2)25(27-24)21-11-12-23(16(4)5)26-22(21)10-3/h8,11-12,14,16-17,28H,9-10,13,15H2,1-7H3/b18-8-/t17-/m0/s1. The molecule has 0 fully saturated rings. The molecule has 2 heterocycles. The summed E-state index contributed by atoms with van der Waals surface area (Å²) in [6.45, 7) is 15.2. The number of allylic oxidation sites excluding steroid dienone is 2. The molecule has 2 rings (SSSR count). The second kappa shape index (κ2) is 9.97. The lowest BCUT2D eigenvalue weighted by molar-refractivity contribution is 0.237. The van der Waals surface area contributed by atoms with Crippen LogP contribution in [0.25, 0.3) is 16.8 Å². The molecule has 2 aromatic heterocycles. The third-order valence-corrected chi connectivity index (χ3v) is 5.43. The average Bonchev–Trinajstić information content (AvgIpc) is 2.72. The van der Waals surface area contributed by atoms with E-state index in [4.69, 9.17) is 9.97 Å². The van der Waals surface area contributed by atoms with Crippen LogP contribution in [0.4, 0.5) is 0 Å². The van der Waals surface area contributed by atoms with Crippen molar-refractivity contribution < 1.29 is 5.11 Å². The Hall–Kier alpha value is -2.00. The Morgan fingerprint density at radius 3 is 2.32 bits per heavy atom. The molecule has 0 spiro atoms. The predicted octanol–water partition coefficient (Wildman–Crippen LogP) is 5.99. The van der Waals surface area contributed by atoms with E-state index in [0.717, 1.165) is 47.6 Å². The molecule has 0 bridgehead atoms. The van der Waals surface area contributed by atoms with Crippen LogP contribution in [0, 0.1) is 5.92 Å². The molecule has 1 atom stereocenters. The molecule has 0 aliphatic heterocycles. The summed E-state index contributed by atoms with van der Waals surface area (Å²) in [4.78, 5) is 10.1. The van der Waals surface area contributed by atoms with E-state index in [9.17, 15) is 5.11 Å². The molecule has 2 aromatic rings. The molecule has 1 N–H and O–H groups in total. The van der Waals surface area contributed by atoms with E-state index in [0.29, 0.717) is 5.92 Å². The number of aryl methyl sites for hydroxylation is 2. The lowest BCUT2D eigenvalue weighted by Crippen LogP contribution is -2.10. The molecular weight excluding hydrogens is 344 g/mol. The van der Waals surface area contributed by atoms with Crippen molar-refractivity contribution in [2.75, 3.05) is 6.61 Å². The first-order valence-corrected chi connectivity index (χ1v) is 10.6. The van der Waals surface area contributed by atoms with Crippen molar-refractivity contribution in [3.05, 3.63) is 52.5 Å². The van der Waals surface area contributed by atoms with Crippen LogP contribution < -0.4 is 0 Å². The van der Waals surface area contributed by atoms with Crippen molar-refractivity contribution in [1.82, 2.24) is 9.97 Å². The maximum absolute atomic E-state index is 9.54. The molecule has 3 nitrogen and oxygen atoms in total. The third-order valence-electron chi connectivity index (χ3n) is 5.43. The van der Waals surface area contributed by atoms with Crippen molar-refractivity contribution in [3.8, 4) is 11.3 Å². The Kier molecular flexibility index (Phi) is 7.94. The SMILES string of the molecule is C/C=C(/C)c1nc(-c2ccc(C(C)C)nc2CC)c(CC)cc1C[C@H](C)CO. The van der Waals surface area contributed by atoms with E-state index < -0.39 is 0 Å². The summed E-state index contributed by atoms with van der Waals surface area (Å²) in [5.74, 6) is 0.639. The van der Waals surface area contributed by atoms with Gasteiger partial charge < -0.3 is 5.11 Å². The zero-order chi connectivity index (χ0) is 20.8. The van der Waals surface area contributed by atoms with E-state index in [1.807, 2.05) is 0 Å². The van der Waals surface area contributed by atoms with Crippen LogP contribution in [0.15, 0.2) is 24.3 Å². The van der Waals surface area contributed by atoms with Crippen LogP contribution >= 0.6 is 0 Å². The van der Waals surface area contributed by atoms with Crippen LogP contribution in [-0.2, 0) is 19.3 Å². The Morgan fingerprint density at radius 1 is 1.07 bits per heavy atom. The number of hydrogen-bond donors (Lipinski definition) is 1. The summed E-state index contributed by atoms with van der Waals surface area (Å²) in [7, 11) is 0. The van der Waals surface area contributed by atoms with Gasteiger partial charge in [0.15, 0.2) is 0 Å². The normalized spacial score (nSPS) is 13.2. The molecular formula is C25H36N2O. The Labute approximate surface area is 171 Å². The molecule has 0 saturated heterocycles. The van der Waals surface area contributed by atoms with Gasteiger partial charge in [0, 0.05) is 23.6 Å². The minimum absolute atomic E-state index is 0.193. The van der Waals surface area contributed by atoms with Gasteiger partial charge in [0.1, 0.15) is 0 Å². The number of aromatic nitrogens is 2. The minimum atomic E-state index is 0.193. The highest BCUT2D eigenvalue weighted by Crippen LogP contribution is 2.31. The van der Waals surface area contributed by atoms with E-state index in [2.05, 4.69) is 72.7 Å². The molecule has 3 heteroatoms. The van der Waals surface area contributed by atoms with Crippen molar-refractivity contribution in [1.29, 1.82) is 0 Å². The lowest BCUT2D eigenvalue weighted by Gasteiger charge is -2.19. The first-order chi connectivity index (χ1) is 13.4. The second-order valence-electron chi connectivity index (χ2n) is 8.06. The summed E-state index contributed by atoms with van der Waals surface area (Å²) in [6, 6.07) is 6.64. The zero-order valence-corrected chi connectivity index (χ0v) is 18.6. The largest absolute Gasteiger partial charge is 0.396 e. The van der Waals surface area contributed by atoms with E-state index in [1.54, 1.807) is 0 Å². The van der Waals surface area contributed by atoms with Crippen LogP contribution in [0.2, 0.25) is 0 Å². The molecule has 0 unspecified atom stereocenters. The first kappa shape index (κ1) is 22.3. The fraction of sp³-hybridized carbons (Fsp3) is 0.520. The van der Waals surface area contributed by atoms with Crippen molar-refractivity contribution in [2.24, 2.45) is 5.92 Å². The van der Waals surface area contributed by atoms with E-state index >= 15 is 0 Å². The highest BCUT2D eigenvalue weighted by Gasteiger charge is 2.18. The minimum Gasteiger partial charge on any atom is -0.396 e. The number of pyridine rings is 2. The smallest absolute Gasteiger partial charge is 0.0759 e. The zero-order valence-electron chi connectivity index (χ0n) is 18.6. The topological polar surface area (TPSA) is 46.0 Å². The van der Waals surface area contributed by atoms with Crippen LogP contribution in [-0.4, -0.2) is 21.7 Å². The van der Waals surface area contributed by atoms with Gasteiger partial charge in [-0.25, -0.2) is 4.98 Å². The highest BCUT2D eigenvalue weighted by atomic mass is 16.3. The molecule has 0 aromatic carbocycles. The van der Waals surface area contributed by atoms with Gasteiger partial charge in [-0.05, 0) is 73.8 Å². The van der Waals surface area contributed by atoms with Crippen molar-refractivity contribution in [3.63, 3.8) is 0 Å². The van der Waals surface area contributed by atoms with Gasteiger partial charge in [-0.3, -0.25) is 4.98 Å². The average molecular weight is 381 g/mol. The summed E-state index contributed by atoms with van der Waals surface area (Å²) in [5.41, 5.74) is 9.16. The van der Waals surface area contributed by atoms with Gasteiger partial charge in [0.2, 0.25) is 0 Å². The van der Waals surface area contributed by atoms with E-state index in [-0.39, 0.29) is 12.5 Å². The summed E-state index contributed by atoms with van der Waals surface area (Å²) >= 11 is 0. The second-order valence-corrected chi connectivity index (χ2v) is 8.06. The number of rotatable bonds is 8. The fourth-order valence-electron chi connectivity index (χ4n) is 3.50.